The summed E-state index contributed by atoms with van der Waals surface area (Å²) in [6.07, 6.45) is 0.965. The fraction of sp³-hybridized carbons (Fsp3) is 0.611. The van der Waals surface area contributed by atoms with Gasteiger partial charge in [0.25, 0.3) is 0 Å². The number of unbranched alkanes of at least 4 members (excludes halogenated alkanes) is 1. The molecule has 0 aliphatic rings. The molecule has 0 aliphatic carbocycles. The molecule has 27 heavy (non-hydrogen) atoms. The Morgan fingerprint density at radius 3 is 2.33 bits per heavy atom. The van der Waals surface area contributed by atoms with E-state index in [1.807, 2.05) is 6.92 Å². The van der Waals surface area contributed by atoms with Gasteiger partial charge >= 0.3 is 12.2 Å². The lowest BCUT2D eigenvalue weighted by atomic mass is 10.2. The van der Waals surface area contributed by atoms with Crippen LogP contribution < -0.4 is 15.1 Å². The molecule has 9 heteroatoms. The lowest BCUT2D eigenvalue weighted by Crippen LogP contribution is -2.42. The van der Waals surface area contributed by atoms with Crippen LogP contribution in [0.1, 0.15) is 40.5 Å². The average molecular weight is 400 g/mol. The zero-order valence-corrected chi connectivity index (χ0v) is 18.0. The molecule has 0 unspecified atom stereocenters. The smallest absolute Gasteiger partial charge is 0.424 e. The van der Waals surface area contributed by atoms with Gasteiger partial charge in [-0.2, -0.15) is 4.90 Å². The van der Waals surface area contributed by atoms with E-state index in [2.05, 4.69) is 4.98 Å². The molecule has 0 fully saturated rings. The molecule has 1 aromatic heterocycles. The van der Waals surface area contributed by atoms with Crippen molar-refractivity contribution in [3.8, 4) is 5.75 Å². The van der Waals surface area contributed by atoms with Crippen molar-refractivity contribution in [3.63, 3.8) is 0 Å². The predicted octanol–water partition coefficient (Wildman–Crippen LogP) is 4.02. The summed E-state index contributed by atoms with van der Waals surface area (Å²) in [5.74, 6) is 0.169. The molecule has 1 rings (SSSR count). The van der Waals surface area contributed by atoms with Gasteiger partial charge in [0.1, 0.15) is 29.6 Å². The third kappa shape index (κ3) is 6.86. The number of hydrogen-bond donors (Lipinski definition) is 0. The minimum absolute atomic E-state index is 0.0606. The van der Waals surface area contributed by atoms with Crippen molar-refractivity contribution in [1.29, 1.82) is 0 Å². The molecule has 0 bridgehead atoms. The predicted molar refractivity (Wildman–Crippen MR) is 105 cm³/mol. The third-order valence-electron chi connectivity index (χ3n) is 3.33. The Bertz CT molecular complexity index is 723. The monoisotopic (exact) mass is 400 g/mol. The molecule has 8 nitrogen and oxygen atoms in total. The maximum atomic E-state index is 12.6. The van der Waals surface area contributed by atoms with E-state index in [1.54, 1.807) is 34.1 Å². The third-order valence-corrected chi connectivity index (χ3v) is 4.67. The number of nitrogens with zero attached hydrogens (tertiary/aromatic N) is 2. The van der Waals surface area contributed by atoms with E-state index in [-0.39, 0.29) is 18.0 Å². The van der Waals surface area contributed by atoms with Crippen LogP contribution in [0.4, 0.5) is 15.3 Å². The Kier molecular flexibility index (Phi) is 7.84. The molecule has 152 valence electrons. The van der Waals surface area contributed by atoms with Crippen LogP contribution in [0.15, 0.2) is 12.3 Å². The van der Waals surface area contributed by atoms with E-state index in [0.717, 1.165) is 11.3 Å². The molecule has 0 radical (unpaired) electrons. The van der Waals surface area contributed by atoms with Gasteiger partial charge in [-0.05, 0) is 40.5 Å². The number of rotatable bonds is 6. The van der Waals surface area contributed by atoms with Crippen molar-refractivity contribution in [2.24, 2.45) is 0 Å². The fourth-order valence-corrected chi connectivity index (χ4v) is 2.76. The van der Waals surface area contributed by atoms with Gasteiger partial charge in [0.15, 0.2) is 0 Å². The van der Waals surface area contributed by atoms with Crippen molar-refractivity contribution < 1.29 is 28.4 Å². The molecule has 1 heterocycles. The summed E-state index contributed by atoms with van der Waals surface area (Å²) in [5, 5.41) is 0. The molecule has 0 aliphatic heterocycles. The maximum Gasteiger partial charge on any atom is 0.424 e. The molecule has 0 saturated heterocycles. The van der Waals surface area contributed by atoms with Crippen molar-refractivity contribution >= 4 is 30.5 Å². The Morgan fingerprint density at radius 2 is 1.85 bits per heavy atom. The quantitative estimate of drug-likeness (QED) is 0.526. The normalized spacial score (nSPS) is 11.7. The first-order valence-electron chi connectivity index (χ1n) is 8.70. The second-order valence-electron chi connectivity index (χ2n) is 7.35. The summed E-state index contributed by atoms with van der Waals surface area (Å²) in [5.41, 5.74) is -0.431. The van der Waals surface area contributed by atoms with Crippen LogP contribution in [-0.4, -0.2) is 49.8 Å². The zero-order valence-electron chi connectivity index (χ0n) is 17.1. The summed E-state index contributed by atoms with van der Waals surface area (Å²) in [6, 6.07) is 1.45. The van der Waals surface area contributed by atoms with Crippen LogP contribution in [0, 0.1) is 0 Å². The van der Waals surface area contributed by atoms with Gasteiger partial charge in [0, 0.05) is 6.07 Å². The highest BCUT2D eigenvalue weighted by Crippen LogP contribution is 2.37. The topological polar surface area (TPSA) is 95.0 Å². The Hall–Kier alpha value is -2.08. The highest BCUT2D eigenvalue weighted by Gasteiger charge is 2.33. The van der Waals surface area contributed by atoms with Crippen LogP contribution in [-0.2, 0) is 14.0 Å². The van der Waals surface area contributed by atoms with E-state index in [4.69, 9.17) is 14.2 Å². The number of anilines is 1. The molecule has 2 amide bonds. The highest BCUT2D eigenvalue weighted by atomic mass is 31.2. The Labute approximate surface area is 160 Å². The van der Waals surface area contributed by atoms with Gasteiger partial charge in [-0.3, -0.25) is 4.98 Å². The van der Waals surface area contributed by atoms with Crippen LogP contribution in [0.2, 0.25) is 0 Å². The van der Waals surface area contributed by atoms with Crippen LogP contribution >= 0.6 is 7.14 Å². The number of methoxy groups -OCH3 is 1. The van der Waals surface area contributed by atoms with E-state index in [9.17, 15) is 14.2 Å². The number of ether oxygens (including phenoxy) is 3. The van der Waals surface area contributed by atoms with Crippen molar-refractivity contribution in [3.05, 3.63) is 12.3 Å². The van der Waals surface area contributed by atoms with Gasteiger partial charge in [-0.15, -0.1) is 0 Å². The Morgan fingerprint density at radius 1 is 1.22 bits per heavy atom. The molecular formula is C18H29N2O6P. The number of carbonyl (C=O) groups is 2. The van der Waals surface area contributed by atoms with E-state index in [1.165, 1.54) is 19.4 Å². The molecule has 0 N–H and O–H groups in total. The SMILES string of the molecule is CCCCOC(=O)N(C(=O)OC(C)(C)C)c1cnc(P(C)(C)=O)cc1OC. The lowest BCUT2D eigenvalue weighted by molar-refractivity contribution is 0.0566. The second-order valence-corrected chi connectivity index (χ2v) is 10.5. The van der Waals surface area contributed by atoms with Gasteiger partial charge in [-0.1, -0.05) is 13.3 Å². The number of hydrogen-bond acceptors (Lipinski definition) is 7. The van der Waals surface area contributed by atoms with Crippen LogP contribution in [0.5, 0.6) is 5.75 Å². The standard InChI is InChI=1S/C18H29N2O6P/c1-8-9-10-25-16(21)20(17(22)26-18(2,3)4)13-12-19-15(27(6,7)23)11-14(13)24-5/h11-12H,8-10H2,1-7H3. The van der Waals surface area contributed by atoms with Gasteiger partial charge in [0.2, 0.25) is 0 Å². The van der Waals surface area contributed by atoms with E-state index in [0.29, 0.717) is 11.9 Å². The fourth-order valence-electron chi connectivity index (χ4n) is 1.99. The number of aromatic nitrogens is 1. The number of imide groups is 1. The zero-order chi connectivity index (χ0) is 20.8. The van der Waals surface area contributed by atoms with E-state index < -0.39 is 24.9 Å². The van der Waals surface area contributed by atoms with Gasteiger partial charge in [0.05, 0.1) is 19.9 Å². The van der Waals surface area contributed by atoms with Gasteiger partial charge in [-0.25, -0.2) is 9.59 Å². The first-order chi connectivity index (χ1) is 12.4. The Balaban J connectivity index is 3.34. The summed E-state index contributed by atoms with van der Waals surface area (Å²) < 4.78 is 28.1. The van der Waals surface area contributed by atoms with Gasteiger partial charge < -0.3 is 18.8 Å². The van der Waals surface area contributed by atoms with Crippen molar-refractivity contribution in [2.75, 3.05) is 31.9 Å². The minimum atomic E-state index is -2.65. The molecule has 0 atom stereocenters. The molecule has 0 saturated carbocycles. The molecule has 1 aromatic rings. The van der Waals surface area contributed by atoms with Crippen molar-refractivity contribution in [1.82, 2.24) is 4.98 Å². The number of pyridine rings is 1. The van der Waals surface area contributed by atoms with Crippen molar-refractivity contribution in [2.45, 2.75) is 46.1 Å². The summed E-state index contributed by atoms with van der Waals surface area (Å²) in [4.78, 5) is 30.1. The second kappa shape index (κ2) is 9.22. The first kappa shape index (κ1) is 23.0. The highest BCUT2D eigenvalue weighted by molar-refractivity contribution is 7.69. The average Bonchev–Trinajstić information content (AvgIpc) is 2.52. The molecule has 0 aromatic carbocycles. The first-order valence-corrected chi connectivity index (χ1v) is 11.3. The van der Waals surface area contributed by atoms with Crippen LogP contribution in [0.3, 0.4) is 0 Å². The number of carbonyl (C=O) groups excluding carboxylic acids is 2. The molecular weight excluding hydrogens is 371 g/mol. The summed E-state index contributed by atoms with van der Waals surface area (Å²) in [6.45, 7) is 10.3. The largest absolute Gasteiger partial charge is 0.494 e. The maximum absolute atomic E-state index is 12.6. The minimum Gasteiger partial charge on any atom is -0.494 e. The summed E-state index contributed by atoms with van der Waals surface area (Å²) in [7, 11) is -1.27. The van der Waals surface area contributed by atoms with E-state index >= 15 is 0 Å². The molecule has 0 spiro atoms. The number of amides is 2. The van der Waals surface area contributed by atoms with Crippen LogP contribution in [0.25, 0.3) is 0 Å². The summed E-state index contributed by atoms with van der Waals surface area (Å²) >= 11 is 0. The lowest BCUT2D eigenvalue weighted by Gasteiger charge is -2.26.